The number of pyridine rings is 1. The van der Waals surface area contributed by atoms with E-state index in [1.165, 1.54) is 11.1 Å². The van der Waals surface area contributed by atoms with Crippen LogP contribution in [0.4, 0.5) is 5.69 Å². The molecule has 4 rings (SSSR count). The molecule has 1 saturated carbocycles. The summed E-state index contributed by atoms with van der Waals surface area (Å²) in [5, 5.41) is 0. The molecule has 0 saturated heterocycles. The lowest BCUT2D eigenvalue weighted by Crippen LogP contribution is -2.45. The third kappa shape index (κ3) is 5.56. The normalized spacial score (nSPS) is 18.8. The Labute approximate surface area is 204 Å². The van der Waals surface area contributed by atoms with Crippen LogP contribution in [0.2, 0.25) is 0 Å². The maximum atomic E-state index is 13.6. The average molecular weight is 456 g/mol. The minimum atomic E-state index is -0.0632. The molecule has 4 atom stereocenters. The lowest BCUT2D eigenvalue weighted by atomic mass is 9.98. The van der Waals surface area contributed by atoms with Gasteiger partial charge in [0, 0.05) is 42.0 Å². The van der Waals surface area contributed by atoms with Crippen molar-refractivity contribution in [2.75, 3.05) is 11.4 Å². The van der Waals surface area contributed by atoms with Crippen LogP contribution in [-0.4, -0.2) is 23.5 Å². The van der Waals surface area contributed by atoms with E-state index >= 15 is 0 Å². The number of hydrogen-bond acceptors (Lipinski definition) is 3. The minimum Gasteiger partial charge on any atom is -0.326 e. The molecule has 34 heavy (non-hydrogen) atoms. The molecular formula is C30H37N3O. The van der Waals surface area contributed by atoms with E-state index in [1.54, 1.807) is 6.20 Å². The van der Waals surface area contributed by atoms with Crippen molar-refractivity contribution >= 4 is 11.6 Å². The van der Waals surface area contributed by atoms with Crippen LogP contribution in [0.1, 0.15) is 57.2 Å². The highest BCUT2D eigenvalue weighted by atomic mass is 16.2. The monoisotopic (exact) mass is 455 g/mol. The zero-order chi connectivity index (χ0) is 24.1. The lowest BCUT2D eigenvalue weighted by Gasteiger charge is -2.29. The average Bonchev–Trinajstić information content (AvgIpc) is 3.69. The fraction of sp³-hybridized carbons (Fsp3) is 0.400. The first-order chi connectivity index (χ1) is 16.5. The Hall–Kier alpha value is -2.98. The molecule has 0 unspecified atom stereocenters. The van der Waals surface area contributed by atoms with E-state index in [1.807, 2.05) is 23.1 Å². The number of carbonyl (C=O) groups excluding carboxylic acids is 1. The highest BCUT2D eigenvalue weighted by Gasteiger charge is 2.47. The van der Waals surface area contributed by atoms with E-state index in [0.29, 0.717) is 12.5 Å². The van der Waals surface area contributed by atoms with Crippen LogP contribution >= 0.6 is 0 Å². The summed E-state index contributed by atoms with van der Waals surface area (Å²) in [5.74, 6) is 0.690. The summed E-state index contributed by atoms with van der Waals surface area (Å²) in [5.41, 5.74) is 12.2. The molecule has 2 N–H and O–H groups in total. The van der Waals surface area contributed by atoms with Gasteiger partial charge in [-0.15, -0.1) is 0 Å². The Morgan fingerprint density at radius 1 is 1.03 bits per heavy atom. The number of aromatic nitrogens is 1. The van der Waals surface area contributed by atoms with Gasteiger partial charge in [-0.2, -0.15) is 0 Å². The van der Waals surface area contributed by atoms with Crippen LogP contribution in [0.15, 0.2) is 72.9 Å². The number of aryl methyl sites for hydroxylation is 1. The quantitative estimate of drug-likeness (QED) is 0.395. The van der Waals surface area contributed by atoms with Gasteiger partial charge in [0.25, 0.3) is 0 Å². The van der Waals surface area contributed by atoms with Gasteiger partial charge in [0.15, 0.2) is 0 Å². The van der Waals surface area contributed by atoms with Crippen LogP contribution in [0.25, 0.3) is 11.1 Å². The number of carbonyl (C=O) groups is 1. The Bertz CT molecular complexity index is 1060. The Morgan fingerprint density at radius 2 is 1.71 bits per heavy atom. The SMILES string of the molecule is CCCc1ccc(-c2ccc(N(C[C@@H](N)[C@@H](C)CC)C(=O)[C@H]3C[C@@H]3c3ccccn3)cc2)cc1. The molecule has 0 radical (unpaired) electrons. The summed E-state index contributed by atoms with van der Waals surface area (Å²) in [6, 6.07) is 23.0. The van der Waals surface area contributed by atoms with Crippen molar-refractivity contribution in [3.05, 3.63) is 84.2 Å². The van der Waals surface area contributed by atoms with Gasteiger partial charge in [0.05, 0.1) is 0 Å². The summed E-state index contributed by atoms with van der Waals surface area (Å²) >= 11 is 0. The highest BCUT2D eigenvalue weighted by Crippen LogP contribution is 2.48. The molecule has 2 aromatic carbocycles. The third-order valence-electron chi connectivity index (χ3n) is 7.21. The molecular weight excluding hydrogens is 418 g/mol. The Balaban J connectivity index is 1.54. The standard InChI is InChI=1S/C30H37N3O/c1-4-8-22-10-12-23(13-11-22)24-14-16-25(17-15-24)33(20-28(31)21(3)5-2)30(34)27-19-26(27)29-9-6-7-18-32-29/h6-7,9-18,21,26-28H,4-5,8,19-20,31H2,1-3H3/t21-,26-,27-,28+/m0/s1. The number of nitrogens with two attached hydrogens (primary N) is 1. The van der Waals surface area contributed by atoms with Crippen molar-refractivity contribution in [1.82, 2.24) is 4.98 Å². The van der Waals surface area contributed by atoms with E-state index < -0.39 is 0 Å². The summed E-state index contributed by atoms with van der Waals surface area (Å²) in [7, 11) is 0. The Kier molecular flexibility index (Phi) is 7.79. The van der Waals surface area contributed by atoms with E-state index in [9.17, 15) is 4.79 Å². The van der Waals surface area contributed by atoms with E-state index in [-0.39, 0.29) is 23.8 Å². The van der Waals surface area contributed by atoms with Gasteiger partial charge in [0.2, 0.25) is 5.91 Å². The first-order valence-corrected chi connectivity index (χ1v) is 12.7. The number of nitrogens with zero attached hydrogens (tertiary/aromatic N) is 2. The summed E-state index contributed by atoms with van der Waals surface area (Å²) < 4.78 is 0. The first-order valence-electron chi connectivity index (χ1n) is 12.7. The van der Waals surface area contributed by atoms with Crippen molar-refractivity contribution in [2.24, 2.45) is 17.6 Å². The van der Waals surface area contributed by atoms with Gasteiger partial charge >= 0.3 is 0 Å². The molecule has 1 fully saturated rings. The van der Waals surface area contributed by atoms with Gasteiger partial charge < -0.3 is 10.6 Å². The first kappa shape index (κ1) is 24.2. The smallest absolute Gasteiger partial charge is 0.230 e. The van der Waals surface area contributed by atoms with Gasteiger partial charge in [-0.3, -0.25) is 9.78 Å². The minimum absolute atomic E-state index is 0.0233. The van der Waals surface area contributed by atoms with Crippen LogP contribution in [0, 0.1) is 11.8 Å². The molecule has 0 aliphatic heterocycles. The molecule has 178 valence electrons. The van der Waals surface area contributed by atoms with E-state index in [2.05, 4.69) is 74.3 Å². The lowest BCUT2D eigenvalue weighted by molar-refractivity contribution is -0.120. The molecule has 4 heteroatoms. The summed E-state index contributed by atoms with van der Waals surface area (Å²) in [6.45, 7) is 7.04. The number of amides is 1. The molecule has 1 heterocycles. The van der Waals surface area contributed by atoms with Gasteiger partial charge in [-0.05, 0) is 59.7 Å². The second kappa shape index (κ2) is 11.0. The predicted octanol–water partition coefficient (Wildman–Crippen LogP) is 6.21. The van der Waals surface area contributed by atoms with E-state index in [0.717, 1.165) is 42.6 Å². The fourth-order valence-corrected chi connectivity index (χ4v) is 4.59. The van der Waals surface area contributed by atoms with Crippen molar-refractivity contribution in [3.63, 3.8) is 0 Å². The number of rotatable bonds is 10. The maximum absolute atomic E-state index is 13.6. The number of benzene rings is 2. The fourth-order valence-electron chi connectivity index (χ4n) is 4.59. The van der Waals surface area contributed by atoms with Crippen molar-refractivity contribution < 1.29 is 4.79 Å². The van der Waals surface area contributed by atoms with Crippen LogP contribution < -0.4 is 10.6 Å². The summed E-state index contributed by atoms with van der Waals surface area (Å²) in [6.07, 6.45) is 5.91. The van der Waals surface area contributed by atoms with Gasteiger partial charge in [-0.1, -0.05) is 76.1 Å². The van der Waals surface area contributed by atoms with Gasteiger partial charge in [0.1, 0.15) is 0 Å². The van der Waals surface area contributed by atoms with Crippen LogP contribution in [0.3, 0.4) is 0 Å². The molecule has 0 spiro atoms. The zero-order valence-corrected chi connectivity index (χ0v) is 20.7. The second-order valence-corrected chi connectivity index (χ2v) is 9.70. The van der Waals surface area contributed by atoms with Crippen LogP contribution in [0.5, 0.6) is 0 Å². The molecule has 3 aromatic rings. The molecule has 1 aliphatic carbocycles. The van der Waals surface area contributed by atoms with Crippen molar-refractivity contribution in [2.45, 2.75) is 58.4 Å². The third-order valence-corrected chi connectivity index (χ3v) is 7.21. The molecule has 1 aromatic heterocycles. The van der Waals surface area contributed by atoms with Crippen LogP contribution in [-0.2, 0) is 11.2 Å². The molecule has 0 bridgehead atoms. The predicted molar refractivity (Wildman–Crippen MR) is 141 cm³/mol. The summed E-state index contributed by atoms with van der Waals surface area (Å²) in [4.78, 5) is 20.0. The second-order valence-electron chi connectivity index (χ2n) is 9.70. The molecule has 4 nitrogen and oxygen atoms in total. The molecule has 1 amide bonds. The zero-order valence-electron chi connectivity index (χ0n) is 20.7. The highest BCUT2D eigenvalue weighted by molar-refractivity contribution is 5.97. The van der Waals surface area contributed by atoms with Crippen molar-refractivity contribution in [1.29, 1.82) is 0 Å². The number of hydrogen-bond donors (Lipinski definition) is 1. The molecule has 1 aliphatic rings. The Morgan fingerprint density at radius 3 is 2.29 bits per heavy atom. The maximum Gasteiger partial charge on any atom is 0.230 e. The number of anilines is 1. The largest absolute Gasteiger partial charge is 0.326 e. The topological polar surface area (TPSA) is 59.2 Å². The van der Waals surface area contributed by atoms with Gasteiger partial charge in [-0.25, -0.2) is 0 Å². The van der Waals surface area contributed by atoms with Crippen molar-refractivity contribution in [3.8, 4) is 11.1 Å². The van der Waals surface area contributed by atoms with E-state index in [4.69, 9.17) is 5.73 Å².